The van der Waals surface area contributed by atoms with Crippen LogP contribution in [-0.4, -0.2) is 0 Å². The zero-order chi connectivity index (χ0) is 18.2. The maximum Gasteiger partial charge on any atom is 0.0991 e. The number of benzene rings is 1. The monoisotopic (exact) mass is 344 g/mol. The predicted molar refractivity (Wildman–Crippen MR) is 105 cm³/mol. The molecule has 1 aromatic rings. The Morgan fingerprint density at radius 3 is 1.69 bits per heavy atom. The second kappa shape index (κ2) is 9.40. The van der Waals surface area contributed by atoms with E-state index in [-0.39, 0.29) is 0 Å². The Morgan fingerprint density at radius 2 is 1.19 bits per heavy atom. The van der Waals surface area contributed by atoms with Crippen molar-refractivity contribution in [2.45, 2.75) is 57.3 Å². The molecule has 0 N–H and O–H groups in total. The highest BCUT2D eigenvalue weighted by molar-refractivity contribution is 5.33. The van der Waals surface area contributed by atoms with Crippen molar-refractivity contribution in [3.63, 3.8) is 0 Å². The fourth-order valence-electron chi connectivity index (χ4n) is 4.50. The first-order chi connectivity index (χ1) is 12.8. The van der Waals surface area contributed by atoms with Crippen LogP contribution < -0.4 is 0 Å². The first-order valence-corrected chi connectivity index (χ1v) is 10.0. The average Bonchev–Trinajstić information content (AvgIpc) is 2.72. The van der Waals surface area contributed by atoms with Gasteiger partial charge in [0.15, 0.2) is 0 Å². The van der Waals surface area contributed by atoms with E-state index in [9.17, 15) is 0 Å². The second-order valence-corrected chi connectivity index (χ2v) is 7.89. The van der Waals surface area contributed by atoms with Crippen LogP contribution in [0.1, 0.15) is 68.4 Å². The van der Waals surface area contributed by atoms with Gasteiger partial charge in [0.25, 0.3) is 0 Å². The SMILES string of the molecule is N#CC=CC1CCC(C=CC2CCC(c3ccc(C#N)cc3)CC2)CC1. The first-order valence-electron chi connectivity index (χ1n) is 10.0. The number of nitrogens with zero attached hydrogens (tertiary/aromatic N) is 2. The van der Waals surface area contributed by atoms with Crippen molar-refractivity contribution in [3.05, 3.63) is 59.7 Å². The van der Waals surface area contributed by atoms with Crippen LogP contribution in [0.25, 0.3) is 0 Å². The van der Waals surface area contributed by atoms with Crippen molar-refractivity contribution in [2.75, 3.05) is 0 Å². The van der Waals surface area contributed by atoms with E-state index < -0.39 is 0 Å². The second-order valence-electron chi connectivity index (χ2n) is 7.89. The van der Waals surface area contributed by atoms with Gasteiger partial charge in [-0.15, -0.1) is 0 Å². The summed E-state index contributed by atoms with van der Waals surface area (Å²) in [6.45, 7) is 0. The normalized spacial score (nSPS) is 29.5. The molecule has 2 nitrogen and oxygen atoms in total. The number of hydrogen-bond acceptors (Lipinski definition) is 2. The summed E-state index contributed by atoms with van der Waals surface area (Å²) in [5.41, 5.74) is 2.15. The number of hydrogen-bond donors (Lipinski definition) is 0. The molecule has 2 fully saturated rings. The molecule has 26 heavy (non-hydrogen) atoms. The molecule has 2 heteroatoms. The van der Waals surface area contributed by atoms with Gasteiger partial charge in [0.05, 0.1) is 17.7 Å². The quantitative estimate of drug-likeness (QED) is 0.477. The van der Waals surface area contributed by atoms with Crippen molar-refractivity contribution in [3.8, 4) is 12.1 Å². The summed E-state index contributed by atoms with van der Waals surface area (Å²) in [7, 11) is 0. The van der Waals surface area contributed by atoms with Crippen LogP contribution in [-0.2, 0) is 0 Å². The lowest BCUT2D eigenvalue weighted by Gasteiger charge is -2.28. The van der Waals surface area contributed by atoms with Crippen LogP contribution in [0.2, 0.25) is 0 Å². The average molecular weight is 345 g/mol. The number of rotatable bonds is 4. The van der Waals surface area contributed by atoms with E-state index in [0.717, 1.165) is 17.4 Å². The van der Waals surface area contributed by atoms with Gasteiger partial charge in [-0.3, -0.25) is 0 Å². The molecule has 0 aromatic heterocycles. The third-order valence-electron chi connectivity index (χ3n) is 6.20. The van der Waals surface area contributed by atoms with Gasteiger partial charge in [-0.25, -0.2) is 0 Å². The fraction of sp³-hybridized carbons (Fsp3) is 0.500. The molecule has 1 aromatic carbocycles. The molecule has 0 saturated heterocycles. The molecule has 0 atom stereocenters. The van der Waals surface area contributed by atoms with Gasteiger partial charge in [0.2, 0.25) is 0 Å². The lowest BCUT2D eigenvalue weighted by Crippen LogP contribution is -2.14. The standard InChI is InChI=1S/C24H28N2/c25-17-1-2-19-3-5-20(6-4-19)7-8-21-9-13-23(14-10-21)24-15-11-22(18-26)12-16-24/h1-2,7-8,11-12,15-16,19-21,23H,3-6,9-10,13-14H2. The van der Waals surface area contributed by atoms with Gasteiger partial charge in [0.1, 0.15) is 0 Å². The Bertz CT molecular complexity index is 698. The van der Waals surface area contributed by atoms with E-state index in [1.165, 1.54) is 56.9 Å². The summed E-state index contributed by atoms with van der Waals surface area (Å²) in [4.78, 5) is 0. The lowest BCUT2D eigenvalue weighted by atomic mass is 9.77. The molecule has 134 valence electrons. The Morgan fingerprint density at radius 1 is 0.692 bits per heavy atom. The van der Waals surface area contributed by atoms with Crippen molar-refractivity contribution in [1.82, 2.24) is 0 Å². The molecule has 0 amide bonds. The van der Waals surface area contributed by atoms with E-state index in [1.807, 2.05) is 12.1 Å². The molecule has 0 aliphatic heterocycles. The van der Waals surface area contributed by atoms with Crippen molar-refractivity contribution < 1.29 is 0 Å². The van der Waals surface area contributed by atoms with E-state index in [2.05, 4.69) is 42.5 Å². The van der Waals surface area contributed by atoms with Gasteiger partial charge >= 0.3 is 0 Å². The Labute approximate surface area is 157 Å². The van der Waals surface area contributed by atoms with Gasteiger partial charge in [0, 0.05) is 6.08 Å². The van der Waals surface area contributed by atoms with E-state index in [4.69, 9.17) is 10.5 Å². The molecule has 0 radical (unpaired) electrons. The summed E-state index contributed by atoms with van der Waals surface area (Å²) in [5, 5.41) is 17.6. The highest BCUT2D eigenvalue weighted by Crippen LogP contribution is 2.37. The molecule has 0 heterocycles. The molecule has 3 rings (SSSR count). The van der Waals surface area contributed by atoms with Crippen LogP contribution in [0, 0.1) is 40.4 Å². The minimum atomic E-state index is 0.613. The maximum atomic E-state index is 8.92. The summed E-state index contributed by atoms with van der Waals surface area (Å²) in [6, 6.07) is 12.5. The largest absolute Gasteiger partial charge is 0.193 e. The molecule has 0 spiro atoms. The van der Waals surface area contributed by atoms with Crippen LogP contribution in [0.3, 0.4) is 0 Å². The van der Waals surface area contributed by atoms with Gasteiger partial charge in [-0.2, -0.15) is 10.5 Å². The predicted octanol–water partition coefficient (Wildman–Crippen LogP) is 6.27. The zero-order valence-electron chi connectivity index (χ0n) is 15.5. The third-order valence-corrected chi connectivity index (χ3v) is 6.20. The molecular formula is C24H28N2. The highest BCUT2D eigenvalue weighted by atomic mass is 14.3. The molecule has 2 saturated carbocycles. The van der Waals surface area contributed by atoms with Gasteiger partial charge in [-0.1, -0.05) is 30.4 Å². The van der Waals surface area contributed by atoms with Gasteiger partial charge in [-0.05, 0) is 92.7 Å². The molecular weight excluding hydrogens is 316 g/mol. The molecule has 0 bridgehead atoms. The Hall–Kier alpha value is -2.32. The van der Waals surface area contributed by atoms with Crippen molar-refractivity contribution in [1.29, 1.82) is 10.5 Å². The third kappa shape index (κ3) is 5.09. The number of nitriles is 2. The Kier molecular flexibility index (Phi) is 6.68. The van der Waals surface area contributed by atoms with E-state index in [0.29, 0.717) is 11.8 Å². The minimum Gasteiger partial charge on any atom is -0.193 e. The highest BCUT2D eigenvalue weighted by Gasteiger charge is 2.22. The van der Waals surface area contributed by atoms with Crippen LogP contribution in [0.4, 0.5) is 0 Å². The summed E-state index contributed by atoms with van der Waals surface area (Å²) in [5.74, 6) is 2.75. The molecule has 2 aliphatic carbocycles. The maximum absolute atomic E-state index is 8.92. The van der Waals surface area contributed by atoms with Crippen LogP contribution in [0.5, 0.6) is 0 Å². The lowest BCUT2D eigenvalue weighted by molar-refractivity contribution is 0.348. The fourth-order valence-corrected chi connectivity index (χ4v) is 4.50. The van der Waals surface area contributed by atoms with Crippen molar-refractivity contribution >= 4 is 0 Å². The van der Waals surface area contributed by atoms with Crippen LogP contribution in [0.15, 0.2) is 48.6 Å². The Balaban J connectivity index is 1.42. The minimum absolute atomic E-state index is 0.613. The molecule has 0 unspecified atom stereocenters. The zero-order valence-corrected chi connectivity index (χ0v) is 15.5. The van der Waals surface area contributed by atoms with Crippen molar-refractivity contribution in [2.24, 2.45) is 17.8 Å². The smallest absolute Gasteiger partial charge is 0.0991 e. The number of allylic oxidation sites excluding steroid dienone is 4. The summed E-state index contributed by atoms with van der Waals surface area (Å²) in [6.07, 6.45) is 18.7. The van der Waals surface area contributed by atoms with E-state index >= 15 is 0 Å². The first kappa shape index (κ1) is 18.5. The van der Waals surface area contributed by atoms with E-state index in [1.54, 1.807) is 6.08 Å². The summed E-state index contributed by atoms with van der Waals surface area (Å²) >= 11 is 0. The van der Waals surface area contributed by atoms with Gasteiger partial charge < -0.3 is 0 Å². The topological polar surface area (TPSA) is 47.6 Å². The van der Waals surface area contributed by atoms with Crippen LogP contribution >= 0.6 is 0 Å². The summed E-state index contributed by atoms with van der Waals surface area (Å²) < 4.78 is 0. The molecule has 2 aliphatic rings.